The molecule has 0 atom stereocenters. The van der Waals surface area contributed by atoms with E-state index in [1.807, 2.05) is 0 Å². The van der Waals surface area contributed by atoms with Gasteiger partial charge in [0.25, 0.3) is 20.2 Å². The van der Waals surface area contributed by atoms with Crippen molar-refractivity contribution < 1.29 is 36.0 Å². The molecule has 74 valence electrons. The van der Waals surface area contributed by atoms with E-state index in [0.29, 0.717) is 0 Å². The summed E-state index contributed by atoms with van der Waals surface area (Å²) in [5.74, 6) is -2.02. The molecule has 0 rings (SSSR count). The molecule has 0 spiro atoms. The van der Waals surface area contributed by atoms with Crippen LogP contribution in [-0.2, 0) is 28.9 Å². The summed E-state index contributed by atoms with van der Waals surface area (Å²) in [5, 5.41) is 15.4. The van der Waals surface area contributed by atoms with E-state index in [4.69, 9.17) is 10.5 Å². The highest BCUT2D eigenvalue weighted by molar-refractivity contribution is 7.90. The Morgan fingerprint density at radius 3 is 1.25 bits per heavy atom. The third-order valence-corrected chi connectivity index (χ3v) is 2.93. The Hall–Kier alpha value is -0.260. The van der Waals surface area contributed by atoms with Gasteiger partial charge < -0.3 is 0 Å². The summed E-state index contributed by atoms with van der Waals surface area (Å²) in [6, 6.07) is 0. The lowest BCUT2D eigenvalue weighted by atomic mass is 11.0. The SMILES string of the molecule is O=S(=O)(CCS(=O)(=O)OO)OO. The Bertz CT molecular complexity index is 275. The fourth-order valence-corrected chi connectivity index (χ4v) is 2.06. The van der Waals surface area contributed by atoms with Crippen LogP contribution in [0.15, 0.2) is 0 Å². The van der Waals surface area contributed by atoms with Crippen molar-refractivity contribution in [3.63, 3.8) is 0 Å². The minimum Gasteiger partial charge on any atom is -0.235 e. The third-order valence-electron chi connectivity index (χ3n) is 0.810. The van der Waals surface area contributed by atoms with Crippen molar-refractivity contribution >= 4 is 20.2 Å². The van der Waals surface area contributed by atoms with Gasteiger partial charge in [0.15, 0.2) is 0 Å². The molecule has 0 aliphatic heterocycles. The fraction of sp³-hybridized carbons (Fsp3) is 1.00. The molecule has 0 radical (unpaired) electrons. The Morgan fingerprint density at radius 1 is 0.833 bits per heavy atom. The highest BCUT2D eigenvalue weighted by atomic mass is 32.2. The molecule has 0 fully saturated rings. The van der Waals surface area contributed by atoms with Crippen molar-refractivity contribution in [1.82, 2.24) is 0 Å². The second kappa shape index (κ2) is 4.11. The Labute approximate surface area is 68.4 Å². The third kappa shape index (κ3) is 4.58. The minimum absolute atomic E-state index is 1.01. The van der Waals surface area contributed by atoms with Gasteiger partial charge in [0.2, 0.25) is 0 Å². The van der Waals surface area contributed by atoms with Crippen molar-refractivity contribution in [2.75, 3.05) is 11.5 Å². The molecule has 0 saturated heterocycles. The Morgan fingerprint density at radius 2 is 1.08 bits per heavy atom. The van der Waals surface area contributed by atoms with Gasteiger partial charge in [-0.2, -0.15) is 16.8 Å². The molecule has 0 aromatic rings. The van der Waals surface area contributed by atoms with Crippen LogP contribution in [0.1, 0.15) is 0 Å². The first-order valence-electron chi connectivity index (χ1n) is 2.44. The van der Waals surface area contributed by atoms with Gasteiger partial charge in [0.05, 0.1) is 11.5 Å². The van der Waals surface area contributed by atoms with E-state index >= 15 is 0 Å². The molecule has 0 unspecified atom stereocenters. The van der Waals surface area contributed by atoms with Crippen molar-refractivity contribution in [1.29, 1.82) is 0 Å². The first kappa shape index (κ1) is 11.7. The van der Waals surface area contributed by atoms with Crippen molar-refractivity contribution in [3.05, 3.63) is 0 Å². The summed E-state index contributed by atoms with van der Waals surface area (Å²) in [4.78, 5) is 0. The lowest BCUT2D eigenvalue weighted by Crippen LogP contribution is -2.19. The van der Waals surface area contributed by atoms with Crippen molar-refractivity contribution in [3.8, 4) is 0 Å². The maximum absolute atomic E-state index is 10.3. The lowest BCUT2D eigenvalue weighted by Gasteiger charge is -1.97. The minimum atomic E-state index is -4.28. The number of rotatable bonds is 5. The van der Waals surface area contributed by atoms with E-state index in [2.05, 4.69) is 8.67 Å². The van der Waals surface area contributed by atoms with E-state index in [-0.39, 0.29) is 0 Å². The molecular formula is C2H6O8S2. The second-order valence-electron chi connectivity index (χ2n) is 1.67. The first-order chi connectivity index (χ1) is 5.33. The maximum atomic E-state index is 10.3. The van der Waals surface area contributed by atoms with Crippen LogP contribution in [0.2, 0.25) is 0 Å². The van der Waals surface area contributed by atoms with Crippen LogP contribution >= 0.6 is 0 Å². The predicted octanol–water partition coefficient (Wildman–Crippen LogP) is -1.37. The van der Waals surface area contributed by atoms with E-state index in [0.717, 1.165) is 0 Å². The molecule has 0 amide bonds. The average molecular weight is 222 g/mol. The Balaban J connectivity index is 4.20. The van der Waals surface area contributed by atoms with Crippen molar-refractivity contribution in [2.45, 2.75) is 0 Å². The van der Waals surface area contributed by atoms with Crippen LogP contribution in [0, 0.1) is 0 Å². The molecule has 0 saturated carbocycles. The van der Waals surface area contributed by atoms with E-state index in [1.54, 1.807) is 0 Å². The quantitative estimate of drug-likeness (QED) is 0.430. The summed E-state index contributed by atoms with van der Waals surface area (Å²) in [7, 11) is -8.56. The first-order valence-corrected chi connectivity index (χ1v) is 5.60. The molecule has 0 bridgehead atoms. The summed E-state index contributed by atoms with van der Waals surface area (Å²) >= 11 is 0. The van der Waals surface area contributed by atoms with Gasteiger partial charge in [0.1, 0.15) is 0 Å². The van der Waals surface area contributed by atoms with Gasteiger partial charge in [-0.1, -0.05) is 0 Å². The smallest absolute Gasteiger partial charge is 0.235 e. The van der Waals surface area contributed by atoms with Gasteiger partial charge in [-0.3, -0.25) is 0 Å². The summed E-state index contributed by atoms with van der Waals surface area (Å²) in [6.45, 7) is 0. The highest BCUT2D eigenvalue weighted by Crippen LogP contribution is 1.95. The largest absolute Gasteiger partial charge is 0.294 e. The molecular weight excluding hydrogens is 216 g/mol. The molecule has 12 heavy (non-hydrogen) atoms. The molecule has 0 aliphatic carbocycles. The topological polar surface area (TPSA) is 127 Å². The standard InChI is InChI=1S/C2H6O8S2/c3-9-11(5,6)1-2-12(7,8)10-4/h3-4H,1-2H2. The molecule has 0 heterocycles. The number of hydrogen-bond donors (Lipinski definition) is 2. The monoisotopic (exact) mass is 222 g/mol. The molecule has 0 aromatic carbocycles. The van der Waals surface area contributed by atoms with Gasteiger partial charge in [0, 0.05) is 0 Å². The van der Waals surface area contributed by atoms with Crippen molar-refractivity contribution in [2.24, 2.45) is 0 Å². The highest BCUT2D eigenvalue weighted by Gasteiger charge is 2.18. The molecule has 0 aromatic heterocycles. The zero-order valence-corrected chi connectivity index (χ0v) is 7.21. The van der Waals surface area contributed by atoms with Crippen LogP contribution in [0.25, 0.3) is 0 Å². The predicted molar refractivity (Wildman–Crippen MR) is 35.0 cm³/mol. The second-order valence-corrected chi connectivity index (χ2v) is 5.02. The van der Waals surface area contributed by atoms with Gasteiger partial charge in [-0.05, 0) is 0 Å². The van der Waals surface area contributed by atoms with Crippen LogP contribution in [0.3, 0.4) is 0 Å². The molecule has 8 nitrogen and oxygen atoms in total. The molecule has 0 aliphatic rings. The molecule has 10 heteroatoms. The van der Waals surface area contributed by atoms with Crippen LogP contribution in [0.4, 0.5) is 0 Å². The maximum Gasteiger partial charge on any atom is 0.294 e. The summed E-state index contributed by atoms with van der Waals surface area (Å²) < 4.78 is 47.0. The molecule has 2 N–H and O–H groups in total. The fourth-order valence-electron chi connectivity index (χ4n) is 0.279. The Kier molecular flexibility index (Phi) is 4.02. The summed E-state index contributed by atoms with van der Waals surface area (Å²) in [6.07, 6.45) is 0. The normalized spacial score (nSPS) is 13.2. The number of hydrogen-bond acceptors (Lipinski definition) is 8. The van der Waals surface area contributed by atoms with Crippen LogP contribution in [0.5, 0.6) is 0 Å². The van der Waals surface area contributed by atoms with E-state index in [1.165, 1.54) is 0 Å². The zero-order valence-electron chi connectivity index (χ0n) is 5.57. The van der Waals surface area contributed by atoms with E-state index in [9.17, 15) is 16.8 Å². The average Bonchev–Trinajstić information content (AvgIpc) is 2.02. The van der Waals surface area contributed by atoms with Crippen LogP contribution in [-0.4, -0.2) is 38.9 Å². The zero-order chi connectivity index (χ0) is 9.83. The van der Waals surface area contributed by atoms with Gasteiger partial charge >= 0.3 is 0 Å². The summed E-state index contributed by atoms with van der Waals surface area (Å²) in [5.41, 5.74) is 0. The van der Waals surface area contributed by atoms with Gasteiger partial charge in [-0.15, -0.1) is 8.67 Å². The lowest BCUT2D eigenvalue weighted by molar-refractivity contribution is -0.132. The van der Waals surface area contributed by atoms with Crippen LogP contribution < -0.4 is 0 Å². The van der Waals surface area contributed by atoms with Gasteiger partial charge in [-0.25, -0.2) is 10.5 Å². The van der Waals surface area contributed by atoms with E-state index < -0.39 is 31.7 Å².